The molecule has 0 saturated heterocycles. The molecular weight excluding hydrogens is 510 g/mol. The molecule has 7 aromatic rings. The summed E-state index contributed by atoms with van der Waals surface area (Å²) in [7, 11) is -2.79. The minimum Gasteiger partial charge on any atom is -0.309 e. The van der Waals surface area contributed by atoms with Crippen molar-refractivity contribution in [2.45, 2.75) is 0 Å². The van der Waals surface area contributed by atoms with Crippen LogP contribution < -0.4 is 20.7 Å². The normalized spacial score (nSPS) is 11.7. The smallest absolute Gasteiger partial charge is 0.181 e. The molecular formula is C36H26ClNSi. The van der Waals surface area contributed by atoms with E-state index in [2.05, 4.69) is 162 Å². The maximum absolute atomic E-state index is 7.10. The van der Waals surface area contributed by atoms with Crippen molar-refractivity contribution in [3.63, 3.8) is 0 Å². The van der Waals surface area contributed by atoms with E-state index >= 15 is 0 Å². The third-order valence-corrected chi connectivity index (χ3v) is 12.9. The van der Waals surface area contributed by atoms with Crippen LogP contribution in [0.4, 0.5) is 0 Å². The Hall–Kier alpha value is -4.37. The van der Waals surface area contributed by atoms with Crippen LogP contribution >= 0.6 is 11.6 Å². The van der Waals surface area contributed by atoms with Gasteiger partial charge in [0.25, 0.3) is 0 Å². The molecule has 7 rings (SSSR count). The number of fused-ring (bicyclic) bond motifs is 3. The summed E-state index contributed by atoms with van der Waals surface area (Å²) in [4.78, 5) is 0. The van der Waals surface area contributed by atoms with E-state index in [1.165, 1.54) is 31.6 Å². The van der Waals surface area contributed by atoms with Crippen LogP contribution in [-0.4, -0.2) is 12.6 Å². The fraction of sp³-hybridized carbons (Fsp3) is 0. The number of benzene rings is 6. The Morgan fingerprint density at radius 1 is 0.462 bits per heavy atom. The Morgan fingerprint density at radius 3 is 1.46 bits per heavy atom. The second-order valence-electron chi connectivity index (χ2n) is 9.85. The number of nitrogens with zero attached hydrogens (tertiary/aromatic N) is 1. The molecule has 0 aliphatic heterocycles. The van der Waals surface area contributed by atoms with Gasteiger partial charge in [-0.1, -0.05) is 145 Å². The van der Waals surface area contributed by atoms with E-state index in [9.17, 15) is 0 Å². The zero-order chi connectivity index (χ0) is 26.2. The van der Waals surface area contributed by atoms with E-state index in [1.54, 1.807) is 0 Å². The molecule has 0 unspecified atom stereocenters. The van der Waals surface area contributed by atoms with Crippen molar-refractivity contribution in [1.29, 1.82) is 0 Å². The van der Waals surface area contributed by atoms with Crippen LogP contribution in [0.25, 0.3) is 27.5 Å². The predicted octanol–water partition coefficient (Wildman–Crippen LogP) is 6.81. The Bertz CT molecular complexity index is 1800. The minimum absolute atomic E-state index is 0.775. The highest BCUT2D eigenvalue weighted by Gasteiger charge is 2.43. The van der Waals surface area contributed by atoms with Crippen LogP contribution in [-0.2, 0) is 0 Å². The van der Waals surface area contributed by atoms with Gasteiger partial charge >= 0.3 is 0 Å². The summed E-state index contributed by atoms with van der Waals surface area (Å²) < 4.78 is 2.42. The summed E-state index contributed by atoms with van der Waals surface area (Å²) in [6.45, 7) is 0. The first-order valence-corrected chi connectivity index (χ1v) is 15.6. The van der Waals surface area contributed by atoms with Gasteiger partial charge in [-0.15, -0.1) is 0 Å². The van der Waals surface area contributed by atoms with E-state index in [-0.39, 0.29) is 0 Å². The molecule has 0 aliphatic carbocycles. The van der Waals surface area contributed by atoms with Gasteiger partial charge in [0.15, 0.2) is 8.07 Å². The van der Waals surface area contributed by atoms with Crippen molar-refractivity contribution >= 4 is 62.2 Å². The quantitative estimate of drug-likeness (QED) is 0.168. The molecule has 0 saturated carbocycles. The molecule has 0 aliphatic rings. The SMILES string of the molecule is Clc1ccc([Si](c2ccccc2)(c2ccccc2)c2ccccc2)c2c1c1ccccc1n2-c1ccccc1. The Balaban J connectivity index is 1.76. The lowest BCUT2D eigenvalue weighted by atomic mass is 10.1. The lowest BCUT2D eigenvalue weighted by molar-refractivity contribution is 1.18. The first kappa shape index (κ1) is 23.7. The van der Waals surface area contributed by atoms with Crippen LogP contribution in [0.3, 0.4) is 0 Å². The van der Waals surface area contributed by atoms with Crippen LogP contribution in [0.5, 0.6) is 0 Å². The molecule has 0 bridgehead atoms. The standard InChI is InChI=1S/C36H26ClNSi/c37-32-25-26-34(36-35(32)31-23-13-14-24-33(31)38(36)27-15-5-1-6-16-27)39(28-17-7-2-8-18-28,29-19-9-3-10-20-29)30-21-11-4-12-22-30/h1-26H. The summed E-state index contributed by atoms with van der Waals surface area (Å²) in [6, 6.07) is 56.9. The summed E-state index contributed by atoms with van der Waals surface area (Å²) in [5.74, 6) is 0. The van der Waals surface area contributed by atoms with Gasteiger partial charge in [0.05, 0.1) is 16.1 Å². The van der Waals surface area contributed by atoms with Crippen LogP contribution in [0.1, 0.15) is 0 Å². The molecule has 1 nitrogen and oxygen atoms in total. The third kappa shape index (κ3) is 3.68. The molecule has 0 radical (unpaired) electrons. The van der Waals surface area contributed by atoms with E-state index in [4.69, 9.17) is 11.6 Å². The first-order valence-electron chi connectivity index (χ1n) is 13.2. The molecule has 3 heteroatoms. The van der Waals surface area contributed by atoms with Gasteiger partial charge in [-0.25, -0.2) is 0 Å². The lowest BCUT2D eigenvalue weighted by Crippen LogP contribution is -2.75. The Labute approximate surface area is 234 Å². The zero-order valence-corrected chi connectivity index (χ0v) is 23.1. The molecule has 0 atom stereocenters. The van der Waals surface area contributed by atoms with Crippen molar-refractivity contribution in [3.05, 3.63) is 163 Å². The van der Waals surface area contributed by atoms with Gasteiger partial charge in [-0.2, -0.15) is 0 Å². The number of halogens is 1. The van der Waals surface area contributed by atoms with Crippen LogP contribution in [0.15, 0.2) is 158 Å². The predicted molar refractivity (Wildman–Crippen MR) is 169 cm³/mol. The van der Waals surface area contributed by atoms with Crippen molar-refractivity contribution in [3.8, 4) is 5.69 Å². The average molecular weight is 536 g/mol. The lowest BCUT2D eigenvalue weighted by Gasteiger charge is -2.35. The van der Waals surface area contributed by atoms with E-state index < -0.39 is 8.07 Å². The van der Waals surface area contributed by atoms with Gasteiger partial charge < -0.3 is 4.57 Å². The van der Waals surface area contributed by atoms with E-state index in [1.807, 2.05) is 0 Å². The molecule has 186 valence electrons. The second kappa shape index (κ2) is 9.74. The van der Waals surface area contributed by atoms with Crippen molar-refractivity contribution in [1.82, 2.24) is 4.57 Å². The molecule has 1 heterocycles. The van der Waals surface area contributed by atoms with Gasteiger partial charge in [0, 0.05) is 16.5 Å². The molecule has 1 aromatic heterocycles. The third-order valence-electron chi connectivity index (χ3n) is 7.80. The number of hydrogen-bond acceptors (Lipinski definition) is 0. The maximum atomic E-state index is 7.10. The Kier molecular flexibility index (Phi) is 5.92. The summed E-state index contributed by atoms with van der Waals surface area (Å²) in [5.41, 5.74) is 3.47. The second-order valence-corrected chi connectivity index (χ2v) is 14.0. The molecule has 0 fully saturated rings. The maximum Gasteiger partial charge on any atom is 0.181 e. The van der Waals surface area contributed by atoms with Crippen molar-refractivity contribution < 1.29 is 0 Å². The first-order chi connectivity index (χ1) is 19.3. The monoisotopic (exact) mass is 535 g/mol. The van der Waals surface area contributed by atoms with Crippen LogP contribution in [0, 0.1) is 0 Å². The highest BCUT2D eigenvalue weighted by Crippen LogP contribution is 2.36. The largest absolute Gasteiger partial charge is 0.309 e. The minimum atomic E-state index is -2.79. The zero-order valence-electron chi connectivity index (χ0n) is 21.3. The summed E-state index contributed by atoms with van der Waals surface area (Å²) in [6.07, 6.45) is 0. The van der Waals surface area contributed by atoms with Crippen molar-refractivity contribution in [2.24, 2.45) is 0 Å². The molecule has 39 heavy (non-hydrogen) atoms. The van der Waals surface area contributed by atoms with Gasteiger partial charge in [-0.3, -0.25) is 0 Å². The van der Waals surface area contributed by atoms with Gasteiger partial charge in [-0.05, 0) is 45.0 Å². The summed E-state index contributed by atoms with van der Waals surface area (Å²) >= 11 is 7.10. The highest BCUT2D eigenvalue weighted by atomic mass is 35.5. The fourth-order valence-electron chi connectivity index (χ4n) is 6.23. The summed E-state index contributed by atoms with van der Waals surface area (Å²) in [5, 5.41) is 8.40. The number of hydrogen-bond donors (Lipinski definition) is 0. The van der Waals surface area contributed by atoms with E-state index in [0.29, 0.717) is 0 Å². The van der Waals surface area contributed by atoms with Crippen molar-refractivity contribution in [2.75, 3.05) is 0 Å². The highest BCUT2D eigenvalue weighted by molar-refractivity contribution is 7.20. The fourth-order valence-corrected chi connectivity index (χ4v) is 11.4. The average Bonchev–Trinajstić information content (AvgIpc) is 3.37. The Morgan fingerprint density at radius 2 is 0.923 bits per heavy atom. The molecule has 0 spiro atoms. The van der Waals surface area contributed by atoms with E-state index in [0.717, 1.165) is 21.6 Å². The molecule has 0 amide bonds. The van der Waals surface area contributed by atoms with Crippen LogP contribution in [0.2, 0.25) is 5.02 Å². The molecule has 6 aromatic carbocycles. The van der Waals surface area contributed by atoms with Gasteiger partial charge in [0.1, 0.15) is 0 Å². The van der Waals surface area contributed by atoms with Gasteiger partial charge in [0.2, 0.25) is 0 Å². The number of para-hydroxylation sites is 2. The number of rotatable bonds is 5. The topological polar surface area (TPSA) is 4.93 Å². The molecule has 0 N–H and O–H groups in total. The number of aromatic nitrogens is 1.